The Morgan fingerprint density at radius 2 is 0.966 bits per heavy atom. The number of esters is 1. The molecule has 1 aliphatic heterocycles. The van der Waals surface area contributed by atoms with Crippen LogP contribution in [-0.2, 0) is 23.8 Å². The summed E-state index contributed by atoms with van der Waals surface area (Å²) in [5.74, 6) is -1.39. The van der Waals surface area contributed by atoms with E-state index in [1.54, 1.807) is 0 Å². The lowest BCUT2D eigenvalue weighted by Gasteiger charge is -2.40. The Kier molecular flexibility index (Phi) is 35.1. The summed E-state index contributed by atoms with van der Waals surface area (Å²) in [5.41, 5.74) is 0. The van der Waals surface area contributed by atoms with Crippen LogP contribution in [-0.4, -0.2) is 111 Å². The van der Waals surface area contributed by atoms with Crippen molar-refractivity contribution in [3.05, 3.63) is 0 Å². The lowest BCUT2D eigenvalue weighted by atomic mass is 9.98. The molecule has 1 rings (SSSR count). The number of carbonyl (C=O) groups is 2. The SMILES string of the molecule is CCCCCCCCCCCCCCCCCCCCC[C@@H](O)C(=O)N[C@@H](CO[C@@H]1O[C@H](CO)[C@@H](O)[C@H](O)[C@H]1O)[C@H](OC(C)=O)[C@H](O)CCCCCCCCCCCC. The topological polar surface area (TPSA) is 195 Å². The molecule has 0 aromatic carbocycles. The van der Waals surface area contributed by atoms with E-state index < -0.39 is 80.1 Å². The Morgan fingerprint density at radius 3 is 1.36 bits per heavy atom. The molecule has 0 aliphatic carbocycles. The Hall–Kier alpha value is -1.38. The summed E-state index contributed by atoms with van der Waals surface area (Å²) < 4.78 is 16.8. The maximum absolute atomic E-state index is 13.3. The lowest BCUT2D eigenvalue weighted by Crippen LogP contribution is -2.60. The standard InChI is InChI=1S/C47H91NO11/c1-4-6-8-10-12-14-16-17-18-19-20-21-22-23-24-26-28-30-32-34-40(52)46(56)48-38(36-57-47-44(55)43(54)42(53)41(35-49)59-47)45(58-37(3)50)39(51)33-31-29-27-25-15-13-11-9-7-5-2/h38-45,47,49,51-55H,4-36H2,1-3H3,(H,48,56)/t38-,39+,40+,41+,42+,43-,44+,45-,47+/m0/s1. The summed E-state index contributed by atoms with van der Waals surface area (Å²) in [4.78, 5) is 25.6. The highest BCUT2D eigenvalue weighted by molar-refractivity contribution is 5.80. The minimum atomic E-state index is -1.69. The Morgan fingerprint density at radius 1 is 0.576 bits per heavy atom. The van der Waals surface area contributed by atoms with E-state index in [4.69, 9.17) is 14.2 Å². The van der Waals surface area contributed by atoms with Gasteiger partial charge in [-0.15, -0.1) is 0 Å². The fourth-order valence-corrected chi connectivity index (χ4v) is 8.07. The maximum Gasteiger partial charge on any atom is 0.303 e. The first kappa shape index (κ1) is 55.6. The molecule has 0 aromatic heterocycles. The molecular weight excluding hydrogens is 755 g/mol. The Balaban J connectivity index is 2.56. The van der Waals surface area contributed by atoms with E-state index in [1.165, 1.54) is 142 Å². The third kappa shape index (κ3) is 27.3. The summed E-state index contributed by atoms with van der Waals surface area (Å²) in [6.45, 7) is 4.58. The number of carbonyl (C=O) groups excluding carboxylic acids is 2. The smallest absolute Gasteiger partial charge is 0.303 e. The van der Waals surface area contributed by atoms with Crippen LogP contribution >= 0.6 is 0 Å². The van der Waals surface area contributed by atoms with Crippen molar-refractivity contribution in [2.45, 2.75) is 275 Å². The first-order valence-electron chi connectivity index (χ1n) is 24.3. The fourth-order valence-electron chi connectivity index (χ4n) is 8.07. The minimum absolute atomic E-state index is 0.240. The van der Waals surface area contributed by atoms with E-state index in [1.807, 2.05) is 0 Å². The molecule has 12 nitrogen and oxygen atoms in total. The molecule has 0 radical (unpaired) electrons. The summed E-state index contributed by atoms with van der Waals surface area (Å²) in [6.07, 6.45) is 24.0. The van der Waals surface area contributed by atoms with Gasteiger partial charge in [-0.05, 0) is 12.8 Å². The van der Waals surface area contributed by atoms with Gasteiger partial charge in [-0.25, -0.2) is 0 Å². The first-order chi connectivity index (χ1) is 28.6. The van der Waals surface area contributed by atoms with Gasteiger partial charge >= 0.3 is 5.97 Å². The highest BCUT2D eigenvalue weighted by Crippen LogP contribution is 2.24. The number of aliphatic hydroxyl groups excluding tert-OH is 6. The van der Waals surface area contributed by atoms with Gasteiger partial charge < -0.3 is 50.2 Å². The number of unbranched alkanes of at least 4 members (excludes halogenated alkanes) is 27. The van der Waals surface area contributed by atoms with Crippen molar-refractivity contribution >= 4 is 11.9 Å². The minimum Gasteiger partial charge on any atom is -0.457 e. The molecule has 0 spiro atoms. The molecule has 0 aromatic rings. The second-order valence-electron chi connectivity index (χ2n) is 17.4. The van der Waals surface area contributed by atoms with Gasteiger partial charge in [-0.3, -0.25) is 9.59 Å². The number of nitrogens with one attached hydrogen (secondary N) is 1. The van der Waals surface area contributed by atoms with Crippen LogP contribution in [0.1, 0.15) is 220 Å². The van der Waals surface area contributed by atoms with Crippen LogP contribution in [0.2, 0.25) is 0 Å². The third-order valence-corrected chi connectivity index (χ3v) is 11.9. The average molecular weight is 846 g/mol. The first-order valence-corrected chi connectivity index (χ1v) is 24.3. The van der Waals surface area contributed by atoms with Crippen LogP contribution < -0.4 is 5.32 Å². The van der Waals surface area contributed by atoms with Crippen LogP contribution in [0.4, 0.5) is 0 Å². The number of rotatable bonds is 40. The van der Waals surface area contributed by atoms with Gasteiger partial charge in [0.2, 0.25) is 5.91 Å². The van der Waals surface area contributed by atoms with Crippen LogP contribution in [0.3, 0.4) is 0 Å². The van der Waals surface area contributed by atoms with Crippen molar-refractivity contribution in [1.29, 1.82) is 0 Å². The normalized spacial score (nSPS) is 21.5. The third-order valence-electron chi connectivity index (χ3n) is 11.9. The fraction of sp³-hybridized carbons (Fsp3) is 0.957. The molecule has 1 aliphatic rings. The second-order valence-corrected chi connectivity index (χ2v) is 17.4. The quantitative estimate of drug-likeness (QED) is 0.0233. The van der Waals surface area contributed by atoms with Crippen LogP contribution in [0.25, 0.3) is 0 Å². The molecular formula is C47H91NO11. The number of aliphatic hydroxyl groups is 6. The van der Waals surface area contributed by atoms with Crippen LogP contribution in [0.5, 0.6) is 0 Å². The van der Waals surface area contributed by atoms with Gasteiger partial charge in [0.25, 0.3) is 0 Å². The number of ether oxygens (including phenoxy) is 3. The largest absolute Gasteiger partial charge is 0.457 e. The van der Waals surface area contributed by atoms with Gasteiger partial charge in [-0.1, -0.05) is 200 Å². The molecule has 0 saturated carbocycles. The number of hydrogen-bond donors (Lipinski definition) is 7. The zero-order chi connectivity index (χ0) is 43.5. The van der Waals surface area contributed by atoms with Gasteiger partial charge in [0.15, 0.2) is 6.29 Å². The van der Waals surface area contributed by atoms with E-state index in [0.717, 1.165) is 38.5 Å². The molecule has 12 heteroatoms. The molecule has 350 valence electrons. The zero-order valence-corrected chi connectivity index (χ0v) is 37.8. The van der Waals surface area contributed by atoms with E-state index >= 15 is 0 Å². The second kappa shape index (κ2) is 37.2. The van der Waals surface area contributed by atoms with Crippen molar-refractivity contribution in [3.8, 4) is 0 Å². The summed E-state index contributed by atoms with van der Waals surface area (Å²) in [5, 5.41) is 65.4. The van der Waals surface area contributed by atoms with E-state index in [2.05, 4.69) is 19.2 Å². The molecule has 59 heavy (non-hydrogen) atoms. The van der Waals surface area contributed by atoms with Crippen molar-refractivity contribution in [2.24, 2.45) is 0 Å². The maximum atomic E-state index is 13.3. The van der Waals surface area contributed by atoms with Gasteiger partial charge in [0.1, 0.15) is 36.6 Å². The predicted molar refractivity (Wildman–Crippen MR) is 234 cm³/mol. The van der Waals surface area contributed by atoms with Gasteiger partial charge in [0, 0.05) is 6.92 Å². The monoisotopic (exact) mass is 846 g/mol. The lowest BCUT2D eigenvalue weighted by molar-refractivity contribution is -0.303. The molecule has 1 fully saturated rings. The Bertz CT molecular complexity index is 988. The summed E-state index contributed by atoms with van der Waals surface area (Å²) >= 11 is 0. The summed E-state index contributed by atoms with van der Waals surface area (Å²) in [6, 6.07) is -1.16. The molecule has 0 bridgehead atoms. The van der Waals surface area contributed by atoms with Crippen molar-refractivity contribution < 1.29 is 54.4 Å². The molecule has 0 unspecified atom stereocenters. The average Bonchev–Trinajstić information content (AvgIpc) is 3.22. The van der Waals surface area contributed by atoms with Crippen LogP contribution in [0.15, 0.2) is 0 Å². The molecule has 7 N–H and O–H groups in total. The van der Waals surface area contributed by atoms with Crippen molar-refractivity contribution in [2.75, 3.05) is 13.2 Å². The van der Waals surface area contributed by atoms with Gasteiger partial charge in [-0.2, -0.15) is 0 Å². The predicted octanol–water partition coefficient (Wildman–Crippen LogP) is 8.07. The summed E-state index contributed by atoms with van der Waals surface area (Å²) in [7, 11) is 0. The van der Waals surface area contributed by atoms with E-state index in [-0.39, 0.29) is 6.42 Å². The zero-order valence-electron chi connectivity index (χ0n) is 37.8. The highest BCUT2D eigenvalue weighted by Gasteiger charge is 2.45. The molecule has 9 atom stereocenters. The highest BCUT2D eigenvalue weighted by atomic mass is 16.7. The molecule has 1 amide bonds. The van der Waals surface area contributed by atoms with Crippen molar-refractivity contribution in [1.82, 2.24) is 5.32 Å². The Labute approximate surface area is 358 Å². The van der Waals surface area contributed by atoms with E-state index in [9.17, 15) is 40.2 Å². The van der Waals surface area contributed by atoms with Crippen molar-refractivity contribution in [3.63, 3.8) is 0 Å². The van der Waals surface area contributed by atoms with Gasteiger partial charge in [0.05, 0.1) is 25.4 Å². The molecule has 1 saturated heterocycles. The molecule has 1 heterocycles. The van der Waals surface area contributed by atoms with Crippen LogP contribution in [0, 0.1) is 0 Å². The van der Waals surface area contributed by atoms with E-state index in [0.29, 0.717) is 19.3 Å². The number of hydrogen-bond acceptors (Lipinski definition) is 11. The number of amides is 1.